The molecule has 1 aromatic carbocycles. The normalized spacial score (nSPS) is 11.9. The van der Waals surface area contributed by atoms with Crippen molar-refractivity contribution < 1.29 is 19.3 Å². The van der Waals surface area contributed by atoms with Gasteiger partial charge in [-0.25, -0.2) is 0 Å². The Bertz CT molecular complexity index is 355. The van der Waals surface area contributed by atoms with E-state index >= 15 is 0 Å². The van der Waals surface area contributed by atoms with Gasteiger partial charge in [0, 0.05) is 0 Å². The smallest absolute Gasteiger partial charge is 0.303 e. The molecule has 3 N–H and O–H groups in total. The van der Waals surface area contributed by atoms with Gasteiger partial charge in [-0.1, -0.05) is 12.1 Å². The fraction of sp³-hybridized carbons (Fsp3) is 0.364. The summed E-state index contributed by atoms with van der Waals surface area (Å²) in [5, 5.41) is 9.15. The van der Waals surface area contributed by atoms with Crippen molar-refractivity contribution in [3.8, 4) is 5.75 Å². The minimum Gasteiger partial charge on any atom is -0.508 e. The number of benzene rings is 1. The number of methoxy groups -OCH3 is 1. The summed E-state index contributed by atoms with van der Waals surface area (Å²) in [6.07, 6.45) is 0.493. The zero-order chi connectivity index (χ0) is 12.7. The molecule has 0 radical (unpaired) electrons. The molecule has 0 saturated carbocycles. The molecule has 0 aliphatic carbocycles. The fourth-order valence-corrected chi connectivity index (χ4v) is 1.50. The highest BCUT2D eigenvalue weighted by Crippen LogP contribution is 2.17. The first kappa shape index (κ1) is 13.5. The maximum atomic E-state index is 11.5. The fourth-order valence-electron chi connectivity index (χ4n) is 1.50. The van der Waals surface area contributed by atoms with Crippen LogP contribution in [0.15, 0.2) is 24.3 Å². The zero-order valence-electron chi connectivity index (χ0n) is 9.76. The van der Waals surface area contributed by atoms with Gasteiger partial charge in [0.05, 0.1) is 19.7 Å². The van der Waals surface area contributed by atoms with E-state index < -0.39 is 0 Å². The second-order valence-electron chi connectivity index (χ2n) is 3.63. The van der Waals surface area contributed by atoms with Gasteiger partial charge in [0.15, 0.2) is 0 Å². The van der Waals surface area contributed by atoms with Crippen molar-refractivity contribution in [2.45, 2.75) is 12.2 Å². The first-order valence-corrected chi connectivity index (χ1v) is 5.31. The molecule has 0 amide bonds. The second-order valence-corrected chi connectivity index (χ2v) is 3.63. The highest BCUT2D eigenvalue weighted by Gasteiger charge is 2.21. The molecule has 0 bridgehead atoms. The van der Waals surface area contributed by atoms with E-state index in [9.17, 15) is 4.79 Å². The van der Waals surface area contributed by atoms with Crippen LogP contribution < -0.4 is 5.73 Å². The number of hydrogen-bond donors (Lipinski definition) is 2. The van der Waals surface area contributed by atoms with Crippen LogP contribution in [0.2, 0.25) is 5.82 Å². The number of ether oxygens (including phenoxy) is 1. The van der Waals surface area contributed by atoms with Crippen LogP contribution in [-0.2, 0) is 20.6 Å². The van der Waals surface area contributed by atoms with E-state index in [1.807, 2.05) is 0 Å². The minimum atomic E-state index is -0.381. The van der Waals surface area contributed by atoms with Crippen molar-refractivity contribution in [3.63, 3.8) is 0 Å². The van der Waals surface area contributed by atoms with Crippen molar-refractivity contribution in [3.05, 3.63) is 29.8 Å². The lowest BCUT2D eigenvalue weighted by Crippen LogP contribution is -2.23. The van der Waals surface area contributed by atoms with E-state index in [-0.39, 0.29) is 31.7 Å². The molecule has 0 fully saturated rings. The molecule has 6 heteroatoms. The summed E-state index contributed by atoms with van der Waals surface area (Å²) in [6.45, 7) is 0.0725. The molecule has 1 atom stereocenters. The number of hydrogen-bond acceptors (Lipinski definition) is 5. The summed E-state index contributed by atoms with van der Waals surface area (Å²) >= 11 is 0. The van der Waals surface area contributed by atoms with Gasteiger partial charge in [-0.3, -0.25) is 4.79 Å². The summed E-state index contributed by atoms with van der Waals surface area (Å²) in [6, 6.07) is 6.67. The molecule has 0 unspecified atom stereocenters. The van der Waals surface area contributed by atoms with Gasteiger partial charge in [0.25, 0.3) is 7.48 Å². The maximum absolute atomic E-state index is 11.5. The maximum Gasteiger partial charge on any atom is 0.303 e. The summed E-state index contributed by atoms with van der Waals surface area (Å²) < 4.78 is 9.74. The van der Waals surface area contributed by atoms with Gasteiger partial charge < -0.3 is 20.2 Å². The third kappa shape index (κ3) is 4.46. The van der Waals surface area contributed by atoms with Crippen LogP contribution in [0.3, 0.4) is 0 Å². The SMILES string of the molecule is COC(=O)[C@@H](BOCN)Cc1ccc(O)cc1. The van der Waals surface area contributed by atoms with Gasteiger partial charge in [0.1, 0.15) is 5.75 Å². The van der Waals surface area contributed by atoms with E-state index in [1.165, 1.54) is 7.11 Å². The van der Waals surface area contributed by atoms with Crippen LogP contribution in [0.4, 0.5) is 0 Å². The van der Waals surface area contributed by atoms with Gasteiger partial charge in [-0.15, -0.1) is 0 Å². The molecular formula is C11H16BNO4. The lowest BCUT2D eigenvalue weighted by Gasteiger charge is -2.13. The average molecular weight is 237 g/mol. The molecule has 0 heterocycles. The quantitative estimate of drug-likeness (QED) is 0.419. The molecule has 5 nitrogen and oxygen atoms in total. The third-order valence-corrected chi connectivity index (χ3v) is 2.39. The molecule has 1 rings (SSSR count). The van der Waals surface area contributed by atoms with Crippen molar-refractivity contribution in [1.29, 1.82) is 0 Å². The van der Waals surface area contributed by atoms with E-state index in [0.717, 1.165) is 5.56 Å². The number of aromatic hydroxyl groups is 1. The summed E-state index contributed by atoms with van der Waals surface area (Å²) in [4.78, 5) is 11.5. The van der Waals surface area contributed by atoms with Crippen LogP contribution in [0.25, 0.3) is 0 Å². The van der Waals surface area contributed by atoms with E-state index in [0.29, 0.717) is 6.42 Å². The Morgan fingerprint density at radius 2 is 2.12 bits per heavy atom. The lowest BCUT2D eigenvalue weighted by molar-refractivity contribution is -0.140. The molecule has 17 heavy (non-hydrogen) atoms. The minimum absolute atomic E-state index is 0.0725. The molecule has 0 spiro atoms. The first-order valence-electron chi connectivity index (χ1n) is 5.31. The Balaban J connectivity index is 2.64. The van der Waals surface area contributed by atoms with Crippen molar-refractivity contribution in [2.75, 3.05) is 13.8 Å². The predicted molar refractivity (Wildman–Crippen MR) is 64.9 cm³/mol. The van der Waals surface area contributed by atoms with Crippen molar-refractivity contribution >= 4 is 13.5 Å². The average Bonchev–Trinajstić information content (AvgIpc) is 2.36. The molecule has 0 aliphatic rings. The largest absolute Gasteiger partial charge is 0.508 e. The van der Waals surface area contributed by atoms with Gasteiger partial charge in [0.2, 0.25) is 0 Å². The highest BCUT2D eigenvalue weighted by atomic mass is 16.5. The highest BCUT2D eigenvalue weighted by molar-refractivity contribution is 6.36. The van der Waals surface area contributed by atoms with Crippen LogP contribution in [0.5, 0.6) is 5.75 Å². The number of phenolic OH excluding ortho intramolecular Hbond substituents is 1. The molecule has 1 aromatic rings. The molecule has 0 aromatic heterocycles. The molecule has 92 valence electrons. The van der Waals surface area contributed by atoms with Gasteiger partial charge in [-0.2, -0.15) is 0 Å². The zero-order valence-corrected chi connectivity index (χ0v) is 9.76. The number of carbonyl (C=O) groups is 1. The monoisotopic (exact) mass is 237 g/mol. The molecule has 0 aliphatic heterocycles. The van der Waals surface area contributed by atoms with Crippen LogP contribution in [-0.4, -0.2) is 32.4 Å². The van der Waals surface area contributed by atoms with Crippen LogP contribution in [0.1, 0.15) is 5.56 Å². The lowest BCUT2D eigenvalue weighted by atomic mass is 9.76. The Labute approximate surface area is 101 Å². The number of esters is 1. The first-order chi connectivity index (χ1) is 8.17. The third-order valence-electron chi connectivity index (χ3n) is 2.39. The number of phenols is 1. The van der Waals surface area contributed by atoms with Gasteiger partial charge in [-0.05, 0) is 24.1 Å². The Kier molecular flexibility index (Phi) is 5.52. The summed E-state index contributed by atoms with van der Waals surface area (Å²) in [5.41, 5.74) is 6.15. The summed E-state index contributed by atoms with van der Waals surface area (Å²) in [7, 11) is 1.57. The van der Waals surface area contributed by atoms with Gasteiger partial charge >= 0.3 is 5.97 Å². The summed E-state index contributed by atoms with van der Waals surface area (Å²) in [5.74, 6) is -0.513. The molecule has 0 saturated heterocycles. The molecular weight excluding hydrogens is 221 g/mol. The standard InChI is InChI=1S/C11H16BNO4/c1-16-11(15)10(12-17-7-13)6-8-2-4-9(14)5-3-8/h2-5,10,12,14H,6-7,13H2,1H3/t10-/m0/s1. The van der Waals surface area contributed by atoms with Crippen molar-refractivity contribution in [2.24, 2.45) is 5.73 Å². The van der Waals surface area contributed by atoms with E-state index in [1.54, 1.807) is 24.3 Å². The van der Waals surface area contributed by atoms with Crippen molar-refractivity contribution in [1.82, 2.24) is 0 Å². The van der Waals surface area contributed by atoms with Crippen LogP contribution in [0, 0.1) is 0 Å². The number of carbonyl (C=O) groups excluding carboxylic acids is 1. The topological polar surface area (TPSA) is 81.8 Å². The Hall–Kier alpha value is -1.53. The number of nitrogens with two attached hydrogens (primary N) is 1. The van der Waals surface area contributed by atoms with E-state index in [4.69, 9.17) is 20.2 Å². The number of rotatable bonds is 6. The van der Waals surface area contributed by atoms with Crippen LogP contribution >= 0.6 is 0 Å². The second kappa shape index (κ2) is 6.93. The van der Waals surface area contributed by atoms with E-state index in [2.05, 4.69) is 0 Å². The Morgan fingerprint density at radius 1 is 1.47 bits per heavy atom. The predicted octanol–water partition coefficient (Wildman–Crippen LogP) is 0.180. The Morgan fingerprint density at radius 3 is 2.65 bits per heavy atom.